The number of para-hydroxylation sites is 1. The van der Waals surface area contributed by atoms with E-state index in [0.29, 0.717) is 17.1 Å². The summed E-state index contributed by atoms with van der Waals surface area (Å²) in [6, 6.07) is 8.78. The lowest BCUT2D eigenvalue weighted by atomic mass is 10.1. The topological polar surface area (TPSA) is 90.5 Å². The van der Waals surface area contributed by atoms with Gasteiger partial charge in [0, 0.05) is 19.3 Å². The zero-order valence-corrected chi connectivity index (χ0v) is 10.6. The van der Waals surface area contributed by atoms with Crippen LogP contribution in [0.25, 0.3) is 5.69 Å². The quantitative estimate of drug-likeness (QED) is 0.753. The number of amides is 1. The number of hydrogen-bond acceptors (Lipinski definition) is 5. The molecule has 20 heavy (non-hydrogen) atoms. The van der Waals surface area contributed by atoms with Gasteiger partial charge in [0.1, 0.15) is 6.33 Å². The first-order valence-corrected chi connectivity index (χ1v) is 5.87. The summed E-state index contributed by atoms with van der Waals surface area (Å²) in [7, 11) is 1.78. The predicted octanol–water partition coefficient (Wildman–Crippen LogP) is 0.648. The standard InChI is InChI=1S/C12H11N7O/c1-18-7-6-11(15-18)14-12(20)9-4-2-3-5-10(9)19-8-13-16-17-19/h2-8H,1H3,(H,14,15,20). The Hall–Kier alpha value is -3.03. The lowest BCUT2D eigenvalue weighted by molar-refractivity contribution is 0.102. The van der Waals surface area contributed by atoms with Crippen molar-refractivity contribution in [2.24, 2.45) is 7.05 Å². The minimum Gasteiger partial charge on any atom is -0.305 e. The largest absolute Gasteiger partial charge is 0.305 e. The Morgan fingerprint density at radius 3 is 2.80 bits per heavy atom. The van der Waals surface area contributed by atoms with Gasteiger partial charge in [0.05, 0.1) is 11.3 Å². The number of carbonyl (C=O) groups is 1. The lowest BCUT2D eigenvalue weighted by Crippen LogP contribution is -2.15. The number of tetrazole rings is 1. The van der Waals surface area contributed by atoms with Crippen LogP contribution in [0.5, 0.6) is 0 Å². The van der Waals surface area contributed by atoms with E-state index in [9.17, 15) is 4.79 Å². The number of benzene rings is 1. The highest BCUT2D eigenvalue weighted by Crippen LogP contribution is 2.14. The van der Waals surface area contributed by atoms with Crippen molar-refractivity contribution in [2.75, 3.05) is 5.32 Å². The zero-order valence-electron chi connectivity index (χ0n) is 10.6. The number of carbonyl (C=O) groups excluding carboxylic acids is 1. The predicted molar refractivity (Wildman–Crippen MR) is 70.3 cm³/mol. The van der Waals surface area contributed by atoms with E-state index in [-0.39, 0.29) is 5.91 Å². The van der Waals surface area contributed by atoms with Gasteiger partial charge in [0.15, 0.2) is 5.82 Å². The van der Waals surface area contributed by atoms with E-state index in [1.807, 2.05) is 6.07 Å². The summed E-state index contributed by atoms with van der Waals surface area (Å²) in [6.07, 6.45) is 3.19. The van der Waals surface area contributed by atoms with Gasteiger partial charge < -0.3 is 5.32 Å². The number of aryl methyl sites for hydroxylation is 1. The molecular weight excluding hydrogens is 258 g/mol. The molecule has 1 aromatic carbocycles. The van der Waals surface area contributed by atoms with Gasteiger partial charge in [0.2, 0.25) is 0 Å². The highest BCUT2D eigenvalue weighted by atomic mass is 16.1. The highest BCUT2D eigenvalue weighted by molar-refractivity contribution is 6.06. The summed E-state index contributed by atoms with van der Waals surface area (Å²) >= 11 is 0. The van der Waals surface area contributed by atoms with E-state index >= 15 is 0 Å². The fraction of sp³-hybridized carbons (Fsp3) is 0.0833. The maximum Gasteiger partial charge on any atom is 0.259 e. The van der Waals surface area contributed by atoms with Crippen LogP contribution < -0.4 is 5.32 Å². The summed E-state index contributed by atoms with van der Waals surface area (Å²) in [5, 5.41) is 17.8. The van der Waals surface area contributed by atoms with Gasteiger partial charge in [-0.2, -0.15) is 9.78 Å². The molecule has 1 N–H and O–H groups in total. The van der Waals surface area contributed by atoms with Crippen molar-refractivity contribution in [1.82, 2.24) is 30.0 Å². The molecule has 0 spiro atoms. The van der Waals surface area contributed by atoms with Crippen molar-refractivity contribution in [3.63, 3.8) is 0 Å². The summed E-state index contributed by atoms with van der Waals surface area (Å²) in [4.78, 5) is 12.3. The van der Waals surface area contributed by atoms with Crippen LogP contribution in [-0.2, 0) is 7.05 Å². The maximum absolute atomic E-state index is 12.3. The van der Waals surface area contributed by atoms with Crippen LogP contribution >= 0.6 is 0 Å². The Bertz CT molecular complexity index is 732. The molecule has 0 fully saturated rings. The van der Waals surface area contributed by atoms with Crippen LogP contribution in [0.15, 0.2) is 42.9 Å². The van der Waals surface area contributed by atoms with Crippen LogP contribution in [-0.4, -0.2) is 35.9 Å². The SMILES string of the molecule is Cn1ccc(NC(=O)c2ccccc2-n2cnnn2)n1. The van der Waals surface area contributed by atoms with E-state index in [1.54, 1.807) is 42.2 Å². The molecule has 1 amide bonds. The zero-order chi connectivity index (χ0) is 13.9. The molecule has 8 nitrogen and oxygen atoms in total. The molecule has 0 aliphatic rings. The Labute approximate surface area is 114 Å². The first-order chi connectivity index (χ1) is 9.74. The average molecular weight is 269 g/mol. The second kappa shape index (κ2) is 4.92. The first kappa shape index (κ1) is 12.0. The van der Waals surface area contributed by atoms with Crippen molar-refractivity contribution >= 4 is 11.7 Å². The molecule has 0 aliphatic heterocycles. The molecule has 0 atom stereocenters. The molecule has 8 heteroatoms. The second-order valence-electron chi connectivity index (χ2n) is 4.10. The van der Waals surface area contributed by atoms with Gasteiger partial charge in [-0.3, -0.25) is 9.48 Å². The normalized spacial score (nSPS) is 10.4. The molecule has 100 valence electrons. The van der Waals surface area contributed by atoms with E-state index < -0.39 is 0 Å². The fourth-order valence-electron chi connectivity index (χ4n) is 1.80. The van der Waals surface area contributed by atoms with Crippen molar-refractivity contribution < 1.29 is 4.79 Å². The highest BCUT2D eigenvalue weighted by Gasteiger charge is 2.14. The van der Waals surface area contributed by atoms with Crippen LogP contribution in [0.1, 0.15) is 10.4 Å². The number of rotatable bonds is 3. The number of hydrogen-bond donors (Lipinski definition) is 1. The maximum atomic E-state index is 12.3. The number of nitrogens with one attached hydrogen (secondary N) is 1. The molecule has 3 rings (SSSR count). The van der Waals surface area contributed by atoms with Crippen molar-refractivity contribution in [3.05, 3.63) is 48.4 Å². The van der Waals surface area contributed by atoms with Gasteiger partial charge in [-0.1, -0.05) is 12.1 Å². The van der Waals surface area contributed by atoms with Gasteiger partial charge in [-0.15, -0.1) is 5.10 Å². The average Bonchev–Trinajstić information content (AvgIpc) is 3.10. The van der Waals surface area contributed by atoms with Gasteiger partial charge in [-0.05, 0) is 22.6 Å². The summed E-state index contributed by atoms with van der Waals surface area (Å²) < 4.78 is 3.05. The summed E-state index contributed by atoms with van der Waals surface area (Å²) in [5.74, 6) is 0.221. The molecule has 0 saturated carbocycles. The van der Waals surface area contributed by atoms with Crippen molar-refractivity contribution in [3.8, 4) is 5.69 Å². The van der Waals surface area contributed by atoms with Gasteiger partial charge >= 0.3 is 0 Å². The smallest absolute Gasteiger partial charge is 0.259 e. The molecule has 2 aromatic heterocycles. The monoisotopic (exact) mass is 269 g/mol. The fourth-order valence-corrected chi connectivity index (χ4v) is 1.80. The molecular formula is C12H11N7O. The van der Waals surface area contributed by atoms with E-state index in [2.05, 4.69) is 25.9 Å². The molecule has 0 radical (unpaired) electrons. The van der Waals surface area contributed by atoms with Crippen LogP contribution in [0.2, 0.25) is 0 Å². The second-order valence-corrected chi connectivity index (χ2v) is 4.10. The third-order valence-electron chi connectivity index (χ3n) is 2.70. The van der Waals surface area contributed by atoms with Gasteiger partial charge in [0.25, 0.3) is 5.91 Å². The Kier molecular flexibility index (Phi) is 2.96. The van der Waals surface area contributed by atoms with Gasteiger partial charge in [-0.25, -0.2) is 0 Å². The minimum atomic E-state index is -0.269. The Morgan fingerprint density at radius 1 is 1.25 bits per heavy atom. The summed E-state index contributed by atoms with van der Waals surface area (Å²) in [6.45, 7) is 0. The molecule has 0 saturated heterocycles. The van der Waals surface area contributed by atoms with Crippen LogP contribution in [0.3, 0.4) is 0 Å². The van der Waals surface area contributed by atoms with E-state index in [4.69, 9.17) is 0 Å². The molecule has 0 unspecified atom stereocenters. The minimum absolute atomic E-state index is 0.269. The van der Waals surface area contributed by atoms with Crippen LogP contribution in [0, 0.1) is 0 Å². The van der Waals surface area contributed by atoms with Crippen molar-refractivity contribution in [2.45, 2.75) is 0 Å². The lowest BCUT2D eigenvalue weighted by Gasteiger charge is -2.07. The number of anilines is 1. The molecule has 0 bridgehead atoms. The van der Waals surface area contributed by atoms with Crippen molar-refractivity contribution in [1.29, 1.82) is 0 Å². The third-order valence-corrected chi connectivity index (χ3v) is 2.70. The molecule has 0 aliphatic carbocycles. The van der Waals surface area contributed by atoms with E-state index in [1.165, 1.54) is 11.0 Å². The number of aromatic nitrogens is 6. The van der Waals surface area contributed by atoms with Crippen LogP contribution in [0.4, 0.5) is 5.82 Å². The molecule has 3 aromatic rings. The number of nitrogens with zero attached hydrogens (tertiary/aromatic N) is 6. The van der Waals surface area contributed by atoms with E-state index in [0.717, 1.165) is 0 Å². The molecule has 2 heterocycles. The summed E-state index contributed by atoms with van der Waals surface area (Å²) in [5.41, 5.74) is 1.07. The third kappa shape index (κ3) is 2.26. The first-order valence-electron chi connectivity index (χ1n) is 5.87. The Balaban J connectivity index is 1.92. The Morgan fingerprint density at radius 2 is 2.10 bits per heavy atom.